The van der Waals surface area contributed by atoms with Gasteiger partial charge in [-0.2, -0.15) is 5.10 Å². The van der Waals surface area contributed by atoms with Crippen LogP contribution in [0.3, 0.4) is 0 Å². The fourth-order valence-electron chi connectivity index (χ4n) is 2.93. The second kappa shape index (κ2) is 7.22. The minimum Gasteiger partial charge on any atom is -0.468 e. The van der Waals surface area contributed by atoms with Gasteiger partial charge in [0.1, 0.15) is 18.1 Å². The molecule has 1 N–H and O–H groups in total. The molecule has 3 aromatic heterocycles. The Bertz CT molecular complexity index is 1020. The highest BCUT2D eigenvalue weighted by molar-refractivity contribution is 6.07. The van der Waals surface area contributed by atoms with E-state index in [4.69, 9.17) is 9.40 Å². The van der Waals surface area contributed by atoms with Gasteiger partial charge in [-0.1, -0.05) is 0 Å². The number of furan rings is 1. The molecule has 0 saturated carbocycles. The van der Waals surface area contributed by atoms with Crippen LogP contribution in [-0.2, 0) is 9.53 Å². The van der Waals surface area contributed by atoms with Crippen molar-refractivity contribution in [3.8, 4) is 11.3 Å². The zero-order chi connectivity index (χ0) is 19.7. The van der Waals surface area contributed by atoms with Gasteiger partial charge in [0.2, 0.25) is 0 Å². The van der Waals surface area contributed by atoms with Crippen molar-refractivity contribution in [3.05, 3.63) is 35.4 Å². The zero-order valence-corrected chi connectivity index (χ0v) is 16.0. The monoisotopic (exact) mass is 370 g/mol. The molecule has 0 radical (unpaired) electrons. The van der Waals surface area contributed by atoms with Gasteiger partial charge in [-0.3, -0.25) is 9.59 Å². The average molecular weight is 370 g/mol. The molecule has 0 bridgehead atoms. The van der Waals surface area contributed by atoms with Crippen LogP contribution in [0.1, 0.15) is 41.8 Å². The molecule has 27 heavy (non-hydrogen) atoms. The number of nitrogens with one attached hydrogen (secondary N) is 1. The molecule has 0 aromatic carbocycles. The highest BCUT2D eigenvalue weighted by Crippen LogP contribution is 2.29. The number of carbonyl (C=O) groups is 2. The average Bonchev–Trinajstić information content (AvgIpc) is 3.20. The lowest BCUT2D eigenvalue weighted by molar-refractivity contribution is -0.139. The molecule has 0 saturated heterocycles. The van der Waals surface area contributed by atoms with Gasteiger partial charge in [-0.15, -0.1) is 0 Å². The molecule has 3 rings (SSSR count). The number of esters is 1. The minimum atomic E-state index is -0.520. The minimum absolute atomic E-state index is 0.0726. The highest BCUT2D eigenvalue weighted by Gasteiger charge is 2.20. The molecule has 142 valence electrons. The molecule has 0 aliphatic rings. The summed E-state index contributed by atoms with van der Waals surface area (Å²) in [4.78, 5) is 28.8. The lowest BCUT2D eigenvalue weighted by Gasteiger charge is -2.10. The summed E-state index contributed by atoms with van der Waals surface area (Å²) in [5.74, 6) is 0.567. The third-order valence-corrected chi connectivity index (χ3v) is 4.24. The number of hydrogen-bond donors (Lipinski definition) is 1. The molecule has 3 heterocycles. The maximum Gasteiger partial charge on any atom is 0.325 e. The van der Waals surface area contributed by atoms with E-state index in [1.807, 2.05) is 33.8 Å². The molecular formula is C19H22N4O4. The van der Waals surface area contributed by atoms with Gasteiger partial charge in [-0.05, 0) is 39.8 Å². The van der Waals surface area contributed by atoms with Crippen LogP contribution < -0.4 is 5.32 Å². The zero-order valence-electron chi connectivity index (χ0n) is 16.0. The summed E-state index contributed by atoms with van der Waals surface area (Å²) in [6.45, 7) is 7.48. The highest BCUT2D eigenvalue weighted by atomic mass is 16.5. The molecule has 3 aromatic rings. The summed E-state index contributed by atoms with van der Waals surface area (Å²) in [7, 11) is 1.27. The van der Waals surface area contributed by atoms with Crippen molar-refractivity contribution in [2.24, 2.45) is 0 Å². The van der Waals surface area contributed by atoms with E-state index in [1.165, 1.54) is 7.11 Å². The van der Waals surface area contributed by atoms with Crippen molar-refractivity contribution in [1.82, 2.24) is 20.1 Å². The lowest BCUT2D eigenvalue weighted by atomic mass is 10.1. The molecule has 0 unspecified atom stereocenters. The third kappa shape index (κ3) is 3.55. The van der Waals surface area contributed by atoms with E-state index in [2.05, 4.69) is 15.2 Å². The van der Waals surface area contributed by atoms with Gasteiger partial charge < -0.3 is 14.5 Å². The first kappa shape index (κ1) is 18.6. The molecule has 0 atom stereocenters. The summed E-state index contributed by atoms with van der Waals surface area (Å²) in [6.07, 6.45) is 1.62. The largest absolute Gasteiger partial charge is 0.468 e. The third-order valence-electron chi connectivity index (χ3n) is 4.24. The van der Waals surface area contributed by atoms with E-state index in [-0.39, 0.29) is 12.6 Å². The lowest BCUT2D eigenvalue weighted by Crippen LogP contribution is -2.30. The fraction of sp³-hybridized carbons (Fsp3) is 0.368. The number of amides is 1. The summed E-state index contributed by atoms with van der Waals surface area (Å²) in [5, 5.41) is 7.57. The normalized spacial score (nSPS) is 11.2. The number of aromatic nitrogens is 3. The van der Waals surface area contributed by atoms with E-state index in [0.29, 0.717) is 22.3 Å². The number of nitrogens with zero attached hydrogens (tertiary/aromatic N) is 3. The van der Waals surface area contributed by atoms with Crippen LogP contribution in [-0.4, -0.2) is 40.3 Å². The molecule has 0 aliphatic carbocycles. The van der Waals surface area contributed by atoms with Crippen molar-refractivity contribution in [2.45, 2.75) is 33.7 Å². The maximum absolute atomic E-state index is 12.7. The van der Waals surface area contributed by atoms with Gasteiger partial charge in [-0.25, -0.2) is 9.67 Å². The number of pyridine rings is 1. The van der Waals surface area contributed by atoms with Crippen molar-refractivity contribution in [1.29, 1.82) is 0 Å². The second-order valence-corrected chi connectivity index (χ2v) is 6.56. The summed E-state index contributed by atoms with van der Waals surface area (Å²) < 4.78 is 11.9. The molecule has 0 spiro atoms. The van der Waals surface area contributed by atoms with Gasteiger partial charge in [0, 0.05) is 11.6 Å². The molecule has 8 heteroatoms. The molecule has 0 aliphatic heterocycles. The summed E-state index contributed by atoms with van der Waals surface area (Å²) >= 11 is 0. The van der Waals surface area contributed by atoms with Crippen molar-refractivity contribution >= 4 is 22.9 Å². The van der Waals surface area contributed by atoms with Crippen LogP contribution in [0.5, 0.6) is 0 Å². The summed E-state index contributed by atoms with van der Waals surface area (Å²) in [6, 6.07) is 3.65. The van der Waals surface area contributed by atoms with Gasteiger partial charge in [0.25, 0.3) is 5.91 Å². The van der Waals surface area contributed by atoms with Crippen LogP contribution in [0.15, 0.2) is 22.7 Å². The van der Waals surface area contributed by atoms with Crippen LogP contribution in [0.2, 0.25) is 0 Å². The Labute approximate surface area is 156 Å². The summed E-state index contributed by atoms with van der Waals surface area (Å²) in [5.41, 5.74) is 2.42. The quantitative estimate of drug-likeness (QED) is 0.693. The van der Waals surface area contributed by atoms with Gasteiger partial charge in [0.15, 0.2) is 5.65 Å². The number of carbonyl (C=O) groups excluding carboxylic acids is 2. The van der Waals surface area contributed by atoms with E-state index in [1.54, 1.807) is 16.9 Å². The molecule has 8 nitrogen and oxygen atoms in total. The van der Waals surface area contributed by atoms with Crippen molar-refractivity contribution in [3.63, 3.8) is 0 Å². The predicted octanol–water partition coefficient (Wildman–Crippen LogP) is 2.79. The Hall–Kier alpha value is -3.16. The van der Waals surface area contributed by atoms with Crippen molar-refractivity contribution < 1.29 is 18.7 Å². The van der Waals surface area contributed by atoms with E-state index in [0.717, 1.165) is 17.1 Å². The Morgan fingerprint density at radius 1 is 1.30 bits per heavy atom. The fourth-order valence-corrected chi connectivity index (χ4v) is 2.93. The number of fused-ring (bicyclic) bond motifs is 1. The molecular weight excluding hydrogens is 348 g/mol. The number of aryl methyl sites for hydroxylation is 2. The number of methoxy groups -OCH3 is 1. The Morgan fingerprint density at radius 2 is 2.04 bits per heavy atom. The van der Waals surface area contributed by atoms with E-state index >= 15 is 0 Å². The van der Waals surface area contributed by atoms with Crippen molar-refractivity contribution in [2.75, 3.05) is 13.7 Å². The van der Waals surface area contributed by atoms with Crippen LogP contribution >= 0.6 is 0 Å². The first-order valence-corrected chi connectivity index (χ1v) is 8.62. The van der Waals surface area contributed by atoms with Gasteiger partial charge in [0.05, 0.1) is 30.0 Å². The Morgan fingerprint density at radius 3 is 2.63 bits per heavy atom. The first-order chi connectivity index (χ1) is 12.8. The smallest absolute Gasteiger partial charge is 0.325 e. The van der Waals surface area contributed by atoms with Crippen LogP contribution in [0.25, 0.3) is 22.3 Å². The Balaban J connectivity index is 2.15. The standard InChI is InChI=1S/C19H22N4O4/c1-10(2)23-18-15(8-21-23)14(19(25)20-9-17(24)26-5)7-16(22-18)13-6-11(3)27-12(13)4/h6-8,10H,9H2,1-5H3,(H,20,25). The number of hydrogen-bond acceptors (Lipinski definition) is 6. The number of rotatable bonds is 5. The number of ether oxygens (including phenoxy) is 1. The SMILES string of the molecule is COC(=O)CNC(=O)c1cc(-c2cc(C)oc2C)nc2c1cnn2C(C)C. The van der Waals surface area contributed by atoms with E-state index < -0.39 is 11.9 Å². The topological polar surface area (TPSA) is 99.2 Å². The first-order valence-electron chi connectivity index (χ1n) is 8.62. The van der Waals surface area contributed by atoms with Crippen LogP contribution in [0.4, 0.5) is 0 Å². The molecule has 1 amide bonds. The van der Waals surface area contributed by atoms with E-state index in [9.17, 15) is 9.59 Å². The molecule has 0 fully saturated rings. The van der Waals surface area contributed by atoms with Gasteiger partial charge >= 0.3 is 5.97 Å². The van der Waals surface area contributed by atoms with Crippen LogP contribution in [0, 0.1) is 13.8 Å². The maximum atomic E-state index is 12.7. The predicted molar refractivity (Wildman–Crippen MR) is 99.4 cm³/mol. The second-order valence-electron chi connectivity index (χ2n) is 6.56. The Kier molecular flexibility index (Phi) is 4.98.